The second kappa shape index (κ2) is 4.69. The van der Waals surface area contributed by atoms with E-state index in [0.29, 0.717) is 28.1 Å². The van der Waals surface area contributed by atoms with Gasteiger partial charge in [-0.2, -0.15) is 0 Å². The van der Waals surface area contributed by atoms with Gasteiger partial charge >= 0.3 is 0 Å². The average Bonchev–Trinajstić information content (AvgIpc) is 2.98. The highest BCUT2D eigenvalue weighted by atomic mass is 35.5. The number of hydrogen-bond acceptors (Lipinski definition) is 4. The molecule has 3 rings (SSSR count). The van der Waals surface area contributed by atoms with Crippen molar-refractivity contribution in [2.24, 2.45) is 5.92 Å². The molecular formula is C13H15ClN2O2. The maximum Gasteiger partial charge on any atom is 0.174 e. The predicted octanol–water partition coefficient (Wildman–Crippen LogP) is 3.63. The number of halogens is 1. The topological polar surface area (TPSA) is 61.3 Å². The maximum atomic E-state index is 6.17. The second-order valence-corrected chi connectivity index (χ2v) is 5.22. The number of benzene rings is 1. The molecule has 4 nitrogen and oxygen atoms in total. The van der Waals surface area contributed by atoms with Gasteiger partial charge in [0, 0.05) is 6.07 Å². The minimum absolute atomic E-state index is 0.356. The Kier molecular flexibility index (Phi) is 3.04. The molecule has 0 spiro atoms. The van der Waals surface area contributed by atoms with Crippen molar-refractivity contribution >= 4 is 28.4 Å². The molecule has 0 radical (unpaired) electrons. The number of fused-ring (bicyclic) bond motifs is 1. The van der Waals surface area contributed by atoms with Gasteiger partial charge in [0.05, 0.1) is 17.0 Å². The number of hydrogen-bond donors (Lipinski definition) is 1. The summed E-state index contributed by atoms with van der Waals surface area (Å²) in [6, 6.07) is 3.50. The smallest absolute Gasteiger partial charge is 0.174 e. The van der Waals surface area contributed by atoms with Crippen molar-refractivity contribution in [2.75, 3.05) is 12.3 Å². The van der Waals surface area contributed by atoms with E-state index in [0.717, 1.165) is 12.0 Å². The predicted molar refractivity (Wildman–Crippen MR) is 70.9 cm³/mol. The van der Waals surface area contributed by atoms with E-state index in [-0.39, 0.29) is 0 Å². The molecule has 0 aliphatic heterocycles. The molecule has 1 aliphatic carbocycles. The molecule has 1 heterocycles. The lowest BCUT2D eigenvalue weighted by molar-refractivity contribution is 0.252. The van der Waals surface area contributed by atoms with Crippen molar-refractivity contribution in [1.29, 1.82) is 0 Å². The van der Waals surface area contributed by atoms with Crippen LogP contribution >= 0.6 is 11.6 Å². The Morgan fingerprint density at radius 3 is 2.94 bits per heavy atom. The number of anilines is 1. The van der Waals surface area contributed by atoms with Gasteiger partial charge in [-0.25, -0.2) is 0 Å². The standard InChI is InChI=1S/C13H15ClN2O2/c14-10-5-9-11(18-16-13(9)15)6-12(10)17-7-8-3-1-2-4-8/h5-6,8H,1-4,7H2,(H2,15,16). The van der Waals surface area contributed by atoms with E-state index in [1.165, 1.54) is 25.7 Å². The Bertz CT molecular complexity index is 561. The fourth-order valence-electron chi connectivity index (χ4n) is 2.45. The molecule has 96 valence electrons. The monoisotopic (exact) mass is 266 g/mol. The third-order valence-corrected chi connectivity index (χ3v) is 3.80. The summed E-state index contributed by atoms with van der Waals surface area (Å²) in [7, 11) is 0. The lowest BCUT2D eigenvalue weighted by Gasteiger charge is -2.12. The lowest BCUT2D eigenvalue weighted by Crippen LogP contribution is -2.08. The Balaban J connectivity index is 1.80. The molecular weight excluding hydrogens is 252 g/mol. The maximum absolute atomic E-state index is 6.17. The van der Waals surface area contributed by atoms with Gasteiger partial charge in [0.1, 0.15) is 5.75 Å². The molecule has 1 aliphatic rings. The van der Waals surface area contributed by atoms with Gasteiger partial charge in [0.15, 0.2) is 11.4 Å². The Hall–Kier alpha value is -1.42. The Morgan fingerprint density at radius 1 is 1.39 bits per heavy atom. The van der Waals surface area contributed by atoms with Gasteiger partial charge in [0.25, 0.3) is 0 Å². The van der Waals surface area contributed by atoms with Crippen molar-refractivity contribution in [3.05, 3.63) is 17.2 Å². The average molecular weight is 267 g/mol. The van der Waals surface area contributed by atoms with Crippen LogP contribution in [-0.4, -0.2) is 11.8 Å². The number of rotatable bonds is 3. The molecule has 2 aromatic rings. The van der Waals surface area contributed by atoms with Crippen LogP contribution in [0, 0.1) is 5.92 Å². The minimum atomic E-state index is 0.356. The van der Waals surface area contributed by atoms with Gasteiger partial charge in [0.2, 0.25) is 0 Å². The van der Waals surface area contributed by atoms with Crippen LogP contribution in [0.3, 0.4) is 0 Å². The van der Waals surface area contributed by atoms with E-state index in [4.69, 9.17) is 26.6 Å². The number of ether oxygens (including phenoxy) is 1. The fourth-order valence-corrected chi connectivity index (χ4v) is 2.67. The van der Waals surface area contributed by atoms with Gasteiger partial charge in [-0.15, -0.1) is 0 Å². The van der Waals surface area contributed by atoms with E-state index in [2.05, 4.69) is 5.16 Å². The van der Waals surface area contributed by atoms with Crippen molar-refractivity contribution in [1.82, 2.24) is 5.16 Å². The van der Waals surface area contributed by atoms with Crippen LogP contribution in [-0.2, 0) is 0 Å². The number of nitrogen functional groups attached to an aromatic ring is 1. The number of aromatic nitrogens is 1. The molecule has 0 unspecified atom stereocenters. The van der Waals surface area contributed by atoms with Gasteiger partial charge in [-0.05, 0) is 24.8 Å². The fraction of sp³-hybridized carbons (Fsp3) is 0.462. The molecule has 1 saturated carbocycles. The Labute approximate surface area is 110 Å². The number of nitrogens with zero attached hydrogens (tertiary/aromatic N) is 1. The molecule has 5 heteroatoms. The van der Waals surface area contributed by atoms with Crippen molar-refractivity contribution < 1.29 is 9.26 Å². The highest BCUT2D eigenvalue weighted by molar-refractivity contribution is 6.33. The molecule has 0 bridgehead atoms. The van der Waals surface area contributed by atoms with Crippen molar-refractivity contribution in [2.45, 2.75) is 25.7 Å². The normalized spacial score (nSPS) is 16.5. The summed E-state index contributed by atoms with van der Waals surface area (Å²) in [6.07, 6.45) is 5.10. The summed E-state index contributed by atoms with van der Waals surface area (Å²) in [4.78, 5) is 0. The lowest BCUT2D eigenvalue weighted by atomic mass is 10.1. The quantitative estimate of drug-likeness (QED) is 0.921. The highest BCUT2D eigenvalue weighted by Gasteiger charge is 2.17. The van der Waals surface area contributed by atoms with E-state index < -0.39 is 0 Å². The third-order valence-electron chi connectivity index (χ3n) is 3.50. The van der Waals surface area contributed by atoms with Crippen LogP contribution < -0.4 is 10.5 Å². The van der Waals surface area contributed by atoms with Crippen molar-refractivity contribution in [3.63, 3.8) is 0 Å². The zero-order valence-electron chi connectivity index (χ0n) is 9.99. The van der Waals surface area contributed by atoms with Crippen molar-refractivity contribution in [3.8, 4) is 5.75 Å². The largest absolute Gasteiger partial charge is 0.492 e. The van der Waals surface area contributed by atoms with Crippen LogP contribution in [0.5, 0.6) is 5.75 Å². The molecule has 0 atom stereocenters. The summed E-state index contributed by atoms with van der Waals surface area (Å²) >= 11 is 6.17. The van der Waals surface area contributed by atoms with E-state index in [1.807, 2.05) is 0 Å². The van der Waals surface area contributed by atoms with Gasteiger partial charge in [-0.1, -0.05) is 29.6 Å². The zero-order valence-corrected chi connectivity index (χ0v) is 10.7. The molecule has 1 aromatic carbocycles. The zero-order chi connectivity index (χ0) is 12.5. The second-order valence-electron chi connectivity index (χ2n) is 4.81. The van der Waals surface area contributed by atoms with E-state index in [9.17, 15) is 0 Å². The molecule has 1 aromatic heterocycles. The van der Waals surface area contributed by atoms with Gasteiger partial charge in [-0.3, -0.25) is 0 Å². The molecule has 2 N–H and O–H groups in total. The summed E-state index contributed by atoms with van der Waals surface area (Å²) in [5.41, 5.74) is 6.27. The molecule has 18 heavy (non-hydrogen) atoms. The van der Waals surface area contributed by atoms with Crippen LogP contribution in [0.1, 0.15) is 25.7 Å². The SMILES string of the molecule is Nc1noc2cc(OCC3CCCC3)c(Cl)cc12. The summed E-state index contributed by atoms with van der Waals surface area (Å²) in [6.45, 7) is 0.717. The molecule has 1 fully saturated rings. The van der Waals surface area contributed by atoms with E-state index >= 15 is 0 Å². The summed E-state index contributed by atoms with van der Waals surface area (Å²) in [5, 5.41) is 4.99. The van der Waals surface area contributed by atoms with Crippen LogP contribution in [0.25, 0.3) is 11.0 Å². The first-order chi connectivity index (χ1) is 8.74. The third kappa shape index (κ3) is 2.12. The van der Waals surface area contributed by atoms with Crippen LogP contribution in [0.2, 0.25) is 5.02 Å². The first-order valence-electron chi connectivity index (χ1n) is 6.21. The van der Waals surface area contributed by atoms with E-state index in [1.54, 1.807) is 12.1 Å². The first-order valence-corrected chi connectivity index (χ1v) is 6.59. The van der Waals surface area contributed by atoms with Crippen LogP contribution in [0.4, 0.5) is 5.82 Å². The Morgan fingerprint density at radius 2 is 2.17 bits per heavy atom. The molecule has 0 amide bonds. The first kappa shape index (κ1) is 11.7. The van der Waals surface area contributed by atoms with Gasteiger partial charge < -0.3 is 15.0 Å². The summed E-state index contributed by atoms with van der Waals surface area (Å²) in [5.74, 6) is 1.65. The van der Waals surface area contributed by atoms with Crippen LogP contribution in [0.15, 0.2) is 16.7 Å². The minimum Gasteiger partial charge on any atom is -0.492 e. The highest BCUT2D eigenvalue weighted by Crippen LogP contribution is 2.34. The summed E-state index contributed by atoms with van der Waals surface area (Å²) < 4.78 is 10.9. The molecule has 0 saturated heterocycles. The number of nitrogens with two attached hydrogens (primary N) is 1.